The molecular weight excluding hydrogens is 156 g/mol. The van der Waals surface area contributed by atoms with Gasteiger partial charge in [-0.05, 0) is 13.3 Å². The summed E-state index contributed by atoms with van der Waals surface area (Å²) in [5, 5.41) is 1.05. The monoisotopic (exact) mass is 170 g/mol. The SMILES string of the molecule is CCCc1cnc(C(C)N)s1. The van der Waals surface area contributed by atoms with E-state index in [0.29, 0.717) is 0 Å². The van der Waals surface area contributed by atoms with Gasteiger partial charge in [-0.1, -0.05) is 13.3 Å². The molecule has 3 heteroatoms. The van der Waals surface area contributed by atoms with Crippen molar-refractivity contribution in [2.75, 3.05) is 0 Å². The summed E-state index contributed by atoms with van der Waals surface area (Å²) in [6.45, 7) is 4.14. The van der Waals surface area contributed by atoms with Crippen LogP contribution in [0.1, 0.15) is 36.2 Å². The van der Waals surface area contributed by atoms with Gasteiger partial charge in [0.15, 0.2) is 0 Å². The lowest BCUT2D eigenvalue weighted by molar-refractivity contribution is 0.806. The number of thiazole rings is 1. The first-order valence-corrected chi connectivity index (χ1v) is 4.76. The van der Waals surface area contributed by atoms with E-state index < -0.39 is 0 Å². The quantitative estimate of drug-likeness (QED) is 0.754. The van der Waals surface area contributed by atoms with Crippen molar-refractivity contribution in [3.63, 3.8) is 0 Å². The number of aryl methyl sites for hydroxylation is 1. The Morgan fingerprint density at radius 2 is 2.45 bits per heavy atom. The van der Waals surface area contributed by atoms with Gasteiger partial charge >= 0.3 is 0 Å². The van der Waals surface area contributed by atoms with Gasteiger partial charge in [-0.15, -0.1) is 11.3 Å². The molecule has 62 valence electrons. The molecule has 0 saturated heterocycles. The number of rotatable bonds is 3. The number of nitrogens with two attached hydrogens (primary N) is 1. The molecule has 0 aliphatic heterocycles. The summed E-state index contributed by atoms with van der Waals surface area (Å²) in [7, 11) is 0. The Morgan fingerprint density at radius 1 is 1.73 bits per heavy atom. The minimum Gasteiger partial charge on any atom is -0.322 e. The van der Waals surface area contributed by atoms with Crippen LogP contribution in [-0.4, -0.2) is 4.98 Å². The van der Waals surface area contributed by atoms with Gasteiger partial charge < -0.3 is 5.73 Å². The molecule has 2 N–H and O–H groups in total. The van der Waals surface area contributed by atoms with Gasteiger partial charge in [-0.2, -0.15) is 0 Å². The fraction of sp³-hybridized carbons (Fsp3) is 0.625. The van der Waals surface area contributed by atoms with Crippen molar-refractivity contribution in [1.29, 1.82) is 0 Å². The Hall–Kier alpha value is -0.410. The van der Waals surface area contributed by atoms with Crippen LogP contribution in [0.2, 0.25) is 0 Å². The van der Waals surface area contributed by atoms with Crippen LogP contribution in [0.3, 0.4) is 0 Å². The van der Waals surface area contributed by atoms with Crippen LogP contribution in [0, 0.1) is 0 Å². The van der Waals surface area contributed by atoms with E-state index >= 15 is 0 Å². The molecule has 0 bridgehead atoms. The normalized spacial score (nSPS) is 13.4. The standard InChI is InChI=1S/C8H14N2S/c1-3-4-7-5-10-8(11-7)6(2)9/h5-6H,3-4,9H2,1-2H3. The Kier molecular flexibility index (Phi) is 3.02. The highest BCUT2D eigenvalue weighted by molar-refractivity contribution is 7.11. The molecule has 0 aliphatic carbocycles. The van der Waals surface area contributed by atoms with E-state index in [1.807, 2.05) is 13.1 Å². The van der Waals surface area contributed by atoms with E-state index in [-0.39, 0.29) is 6.04 Å². The third kappa shape index (κ3) is 2.27. The number of hydrogen-bond donors (Lipinski definition) is 1. The summed E-state index contributed by atoms with van der Waals surface area (Å²) in [6, 6.07) is 0.0885. The van der Waals surface area contributed by atoms with Crippen molar-refractivity contribution in [2.45, 2.75) is 32.7 Å². The fourth-order valence-corrected chi connectivity index (χ4v) is 1.87. The first-order valence-electron chi connectivity index (χ1n) is 3.94. The predicted molar refractivity (Wildman–Crippen MR) is 48.7 cm³/mol. The van der Waals surface area contributed by atoms with E-state index in [1.165, 1.54) is 11.3 Å². The maximum Gasteiger partial charge on any atom is 0.109 e. The average molecular weight is 170 g/mol. The smallest absolute Gasteiger partial charge is 0.109 e. The lowest BCUT2D eigenvalue weighted by Gasteiger charge is -1.95. The van der Waals surface area contributed by atoms with Crippen LogP contribution < -0.4 is 5.73 Å². The molecule has 0 aliphatic rings. The zero-order chi connectivity index (χ0) is 8.27. The lowest BCUT2D eigenvalue weighted by atomic mass is 10.3. The van der Waals surface area contributed by atoms with Gasteiger partial charge in [0.1, 0.15) is 5.01 Å². The zero-order valence-electron chi connectivity index (χ0n) is 7.00. The largest absolute Gasteiger partial charge is 0.322 e. The Balaban J connectivity index is 2.66. The molecule has 1 heterocycles. The fourth-order valence-electron chi connectivity index (χ4n) is 0.895. The van der Waals surface area contributed by atoms with Gasteiger partial charge in [0.2, 0.25) is 0 Å². The predicted octanol–water partition coefficient (Wildman–Crippen LogP) is 2.12. The zero-order valence-corrected chi connectivity index (χ0v) is 7.82. The van der Waals surface area contributed by atoms with Gasteiger partial charge in [-0.3, -0.25) is 0 Å². The second-order valence-corrected chi connectivity index (χ2v) is 3.85. The molecule has 0 spiro atoms. The second-order valence-electron chi connectivity index (χ2n) is 2.70. The summed E-state index contributed by atoms with van der Waals surface area (Å²) in [5.41, 5.74) is 5.67. The molecule has 1 atom stereocenters. The highest BCUT2D eigenvalue weighted by atomic mass is 32.1. The molecule has 1 rings (SSSR count). The summed E-state index contributed by atoms with van der Waals surface area (Å²) >= 11 is 1.73. The molecular formula is C8H14N2S. The number of aromatic nitrogens is 1. The summed E-state index contributed by atoms with van der Waals surface area (Å²) in [6.07, 6.45) is 4.25. The molecule has 1 aromatic rings. The molecule has 1 aromatic heterocycles. The van der Waals surface area contributed by atoms with E-state index in [0.717, 1.165) is 11.4 Å². The molecule has 2 nitrogen and oxygen atoms in total. The summed E-state index contributed by atoms with van der Waals surface area (Å²) < 4.78 is 0. The van der Waals surface area contributed by atoms with Gasteiger partial charge in [-0.25, -0.2) is 4.98 Å². The van der Waals surface area contributed by atoms with Crippen molar-refractivity contribution >= 4 is 11.3 Å². The van der Waals surface area contributed by atoms with Crippen LogP contribution >= 0.6 is 11.3 Å². The highest BCUT2D eigenvalue weighted by Crippen LogP contribution is 2.18. The topological polar surface area (TPSA) is 38.9 Å². The number of nitrogens with zero attached hydrogens (tertiary/aromatic N) is 1. The van der Waals surface area contributed by atoms with Gasteiger partial charge in [0.05, 0.1) is 6.04 Å². The third-order valence-electron chi connectivity index (χ3n) is 1.46. The summed E-state index contributed by atoms with van der Waals surface area (Å²) in [5.74, 6) is 0. The molecule has 11 heavy (non-hydrogen) atoms. The van der Waals surface area contributed by atoms with Gasteiger partial charge in [0.25, 0.3) is 0 Å². The van der Waals surface area contributed by atoms with Gasteiger partial charge in [0, 0.05) is 11.1 Å². The van der Waals surface area contributed by atoms with Crippen LogP contribution in [0.4, 0.5) is 0 Å². The minimum absolute atomic E-state index is 0.0885. The van der Waals surface area contributed by atoms with Crippen molar-refractivity contribution in [3.8, 4) is 0 Å². The molecule has 0 amide bonds. The van der Waals surface area contributed by atoms with Crippen LogP contribution in [0.5, 0.6) is 0 Å². The Bertz CT molecular complexity index is 218. The second kappa shape index (κ2) is 3.83. The maximum absolute atomic E-state index is 5.67. The van der Waals surface area contributed by atoms with Crippen LogP contribution in [0.15, 0.2) is 6.20 Å². The lowest BCUT2D eigenvalue weighted by Crippen LogP contribution is -2.03. The van der Waals surface area contributed by atoms with E-state index in [4.69, 9.17) is 5.73 Å². The highest BCUT2D eigenvalue weighted by Gasteiger charge is 2.04. The molecule has 0 saturated carbocycles. The van der Waals surface area contributed by atoms with Crippen molar-refractivity contribution in [3.05, 3.63) is 16.1 Å². The Morgan fingerprint density at radius 3 is 2.91 bits per heavy atom. The molecule has 0 radical (unpaired) electrons. The van der Waals surface area contributed by atoms with E-state index in [9.17, 15) is 0 Å². The van der Waals surface area contributed by atoms with E-state index in [1.54, 1.807) is 11.3 Å². The first-order chi connectivity index (χ1) is 5.24. The molecule has 0 aromatic carbocycles. The van der Waals surface area contributed by atoms with Crippen LogP contribution in [0.25, 0.3) is 0 Å². The summed E-state index contributed by atoms with van der Waals surface area (Å²) in [4.78, 5) is 5.57. The van der Waals surface area contributed by atoms with Crippen molar-refractivity contribution < 1.29 is 0 Å². The molecule has 0 fully saturated rings. The van der Waals surface area contributed by atoms with E-state index in [2.05, 4.69) is 11.9 Å². The molecule has 1 unspecified atom stereocenters. The van der Waals surface area contributed by atoms with Crippen molar-refractivity contribution in [2.24, 2.45) is 5.73 Å². The third-order valence-corrected chi connectivity index (χ3v) is 2.72. The maximum atomic E-state index is 5.67. The average Bonchev–Trinajstić information content (AvgIpc) is 2.37. The van der Waals surface area contributed by atoms with Crippen molar-refractivity contribution in [1.82, 2.24) is 4.98 Å². The minimum atomic E-state index is 0.0885. The first kappa shape index (κ1) is 8.68. The number of hydrogen-bond acceptors (Lipinski definition) is 3. The Labute approximate surface area is 71.5 Å². The van der Waals surface area contributed by atoms with Crippen LogP contribution in [-0.2, 0) is 6.42 Å².